The van der Waals surface area contributed by atoms with Crippen molar-refractivity contribution in [2.75, 3.05) is 6.26 Å². The zero-order valence-corrected chi connectivity index (χ0v) is 12.5. The summed E-state index contributed by atoms with van der Waals surface area (Å²) >= 11 is 7.83. The average molecular weight is 304 g/mol. The number of furan rings is 1. The molecule has 102 valence electrons. The zero-order chi connectivity index (χ0) is 14.1. The lowest BCUT2D eigenvalue weighted by Gasteiger charge is -2.09. The van der Waals surface area contributed by atoms with Gasteiger partial charge in [0.2, 0.25) is 0 Å². The first-order chi connectivity index (χ1) is 9.69. The van der Waals surface area contributed by atoms with Crippen LogP contribution in [0, 0.1) is 0 Å². The molecule has 0 aliphatic heterocycles. The lowest BCUT2D eigenvalue weighted by Crippen LogP contribution is -2.10. The Morgan fingerprint density at radius 1 is 1.15 bits per heavy atom. The van der Waals surface area contributed by atoms with E-state index in [4.69, 9.17) is 21.8 Å². The van der Waals surface area contributed by atoms with E-state index in [1.165, 1.54) is 4.90 Å². The van der Waals surface area contributed by atoms with Gasteiger partial charge in [-0.25, -0.2) is 0 Å². The van der Waals surface area contributed by atoms with Gasteiger partial charge in [0.05, 0.1) is 11.1 Å². The van der Waals surface area contributed by atoms with Crippen molar-refractivity contribution in [3.63, 3.8) is 0 Å². The van der Waals surface area contributed by atoms with E-state index in [0.717, 1.165) is 16.7 Å². The smallest absolute Gasteiger partial charge is 0.152 e. The predicted octanol–water partition coefficient (Wildman–Crippen LogP) is 4.86. The number of benzene rings is 2. The Morgan fingerprint density at radius 2 is 1.90 bits per heavy atom. The maximum absolute atomic E-state index is 6.28. The van der Waals surface area contributed by atoms with Crippen LogP contribution >= 0.6 is 23.4 Å². The lowest BCUT2D eigenvalue weighted by molar-refractivity contribution is 0.525. The van der Waals surface area contributed by atoms with Crippen molar-refractivity contribution in [2.45, 2.75) is 10.9 Å². The Morgan fingerprint density at radius 3 is 2.55 bits per heavy atom. The lowest BCUT2D eigenvalue weighted by atomic mass is 10.1. The normalized spacial score (nSPS) is 12.8. The topological polar surface area (TPSA) is 39.2 Å². The van der Waals surface area contributed by atoms with Crippen LogP contribution < -0.4 is 5.73 Å². The van der Waals surface area contributed by atoms with E-state index in [9.17, 15) is 0 Å². The van der Waals surface area contributed by atoms with Crippen LogP contribution in [0.3, 0.4) is 0 Å². The largest absolute Gasteiger partial charge is 0.457 e. The zero-order valence-electron chi connectivity index (χ0n) is 11.0. The number of hydrogen-bond donors (Lipinski definition) is 1. The summed E-state index contributed by atoms with van der Waals surface area (Å²) in [5, 5.41) is 1.59. The molecule has 0 amide bonds. The Balaban J connectivity index is 1.98. The van der Waals surface area contributed by atoms with Crippen LogP contribution in [-0.4, -0.2) is 6.26 Å². The minimum absolute atomic E-state index is 0.283. The van der Waals surface area contributed by atoms with Crippen molar-refractivity contribution in [3.8, 4) is 0 Å². The standard InChI is InChI=1S/C16H14ClNOS/c1-20-12-7-5-10(6-8-12)15(18)14-9-11-3-2-4-13(17)16(11)19-14/h2-9,15H,18H2,1H3. The van der Waals surface area contributed by atoms with Crippen LogP contribution in [0.5, 0.6) is 0 Å². The highest BCUT2D eigenvalue weighted by atomic mass is 35.5. The molecule has 1 atom stereocenters. The Labute approximate surface area is 126 Å². The van der Waals surface area contributed by atoms with E-state index in [-0.39, 0.29) is 6.04 Å². The van der Waals surface area contributed by atoms with Crippen LogP contribution in [0.1, 0.15) is 17.4 Å². The molecular formula is C16H14ClNOS. The molecule has 3 aromatic rings. The van der Waals surface area contributed by atoms with E-state index >= 15 is 0 Å². The second-order valence-electron chi connectivity index (χ2n) is 4.56. The van der Waals surface area contributed by atoms with Crippen molar-refractivity contribution >= 4 is 34.3 Å². The molecule has 1 unspecified atom stereocenters. The van der Waals surface area contributed by atoms with Gasteiger partial charge in [0.15, 0.2) is 5.58 Å². The monoisotopic (exact) mass is 303 g/mol. The molecule has 20 heavy (non-hydrogen) atoms. The minimum atomic E-state index is -0.283. The summed E-state index contributed by atoms with van der Waals surface area (Å²) in [6.45, 7) is 0. The predicted molar refractivity (Wildman–Crippen MR) is 85.5 cm³/mol. The first kappa shape index (κ1) is 13.6. The highest BCUT2D eigenvalue weighted by molar-refractivity contribution is 7.98. The van der Waals surface area contributed by atoms with E-state index in [1.807, 2.05) is 36.4 Å². The first-order valence-electron chi connectivity index (χ1n) is 6.26. The summed E-state index contributed by atoms with van der Waals surface area (Å²) in [5.41, 5.74) is 8.00. The van der Waals surface area contributed by atoms with Crippen molar-refractivity contribution in [3.05, 3.63) is 64.9 Å². The third kappa shape index (κ3) is 2.44. The summed E-state index contributed by atoms with van der Waals surface area (Å²) in [7, 11) is 0. The number of hydrogen-bond acceptors (Lipinski definition) is 3. The van der Waals surface area contributed by atoms with E-state index in [1.54, 1.807) is 11.8 Å². The summed E-state index contributed by atoms with van der Waals surface area (Å²) in [5.74, 6) is 0.727. The van der Waals surface area contributed by atoms with Crippen molar-refractivity contribution in [2.24, 2.45) is 5.73 Å². The van der Waals surface area contributed by atoms with Gasteiger partial charge in [0.25, 0.3) is 0 Å². The Hall–Kier alpha value is -1.42. The highest BCUT2D eigenvalue weighted by Gasteiger charge is 2.15. The molecule has 0 fully saturated rings. The second kappa shape index (κ2) is 5.52. The molecule has 0 aliphatic rings. The number of halogens is 1. The average Bonchev–Trinajstić information content (AvgIpc) is 2.92. The van der Waals surface area contributed by atoms with Crippen LogP contribution in [0.2, 0.25) is 5.02 Å². The van der Waals surface area contributed by atoms with E-state index in [0.29, 0.717) is 10.6 Å². The van der Waals surface area contributed by atoms with Gasteiger partial charge in [0.1, 0.15) is 5.76 Å². The van der Waals surface area contributed by atoms with E-state index in [2.05, 4.69) is 18.4 Å². The van der Waals surface area contributed by atoms with Crippen molar-refractivity contribution in [1.29, 1.82) is 0 Å². The molecule has 3 rings (SSSR count). The number of nitrogens with two attached hydrogens (primary N) is 1. The molecule has 2 N–H and O–H groups in total. The van der Waals surface area contributed by atoms with Gasteiger partial charge >= 0.3 is 0 Å². The fourth-order valence-electron chi connectivity index (χ4n) is 2.18. The molecule has 1 heterocycles. The highest BCUT2D eigenvalue weighted by Crippen LogP contribution is 2.31. The molecular weight excluding hydrogens is 290 g/mol. The SMILES string of the molecule is CSc1ccc(C(N)c2cc3cccc(Cl)c3o2)cc1. The second-order valence-corrected chi connectivity index (χ2v) is 5.84. The number of fused-ring (bicyclic) bond motifs is 1. The van der Waals surface area contributed by atoms with Crippen LogP contribution in [0.25, 0.3) is 11.0 Å². The third-order valence-electron chi connectivity index (χ3n) is 3.30. The molecule has 0 saturated heterocycles. The molecule has 0 radical (unpaired) electrons. The van der Waals surface area contributed by atoms with Gasteiger partial charge < -0.3 is 10.2 Å². The fourth-order valence-corrected chi connectivity index (χ4v) is 2.80. The number of thioether (sulfide) groups is 1. The van der Waals surface area contributed by atoms with Gasteiger partial charge in [-0.3, -0.25) is 0 Å². The quantitative estimate of drug-likeness (QED) is 0.703. The summed E-state index contributed by atoms with van der Waals surface area (Å²) in [4.78, 5) is 1.22. The van der Waals surface area contributed by atoms with Gasteiger partial charge in [0, 0.05) is 10.3 Å². The maximum Gasteiger partial charge on any atom is 0.152 e. The van der Waals surface area contributed by atoms with E-state index < -0.39 is 0 Å². The molecule has 0 aliphatic carbocycles. The van der Waals surface area contributed by atoms with Gasteiger partial charge in [-0.2, -0.15) is 0 Å². The molecule has 0 bridgehead atoms. The van der Waals surface area contributed by atoms with Gasteiger partial charge in [-0.15, -0.1) is 11.8 Å². The Kier molecular flexibility index (Phi) is 3.74. The minimum Gasteiger partial charge on any atom is -0.457 e. The van der Waals surface area contributed by atoms with Crippen molar-refractivity contribution < 1.29 is 4.42 Å². The molecule has 4 heteroatoms. The van der Waals surface area contributed by atoms with Crippen LogP contribution in [0.4, 0.5) is 0 Å². The van der Waals surface area contributed by atoms with Gasteiger partial charge in [-0.05, 0) is 36.1 Å². The Bertz CT molecular complexity index is 736. The fraction of sp³-hybridized carbons (Fsp3) is 0.125. The van der Waals surface area contributed by atoms with Crippen LogP contribution in [0.15, 0.2) is 57.8 Å². The third-order valence-corrected chi connectivity index (χ3v) is 4.34. The molecule has 2 nitrogen and oxygen atoms in total. The van der Waals surface area contributed by atoms with Gasteiger partial charge in [-0.1, -0.05) is 35.9 Å². The van der Waals surface area contributed by atoms with Crippen LogP contribution in [-0.2, 0) is 0 Å². The summed E-state index contributed by atoms with van der Waals surface area (Å²) < 4.78 is 5.81. The summed E-state index contributed by atoms with van der Waals surface area (Å²) in [6, 6.07) is 15.6. The number of rotatable bonds is 3. The van der Waals surface area contributed by atoms with Crippen molar-refractivity contribution in [1.82, 2.24) is 0 Å². The molecule has 0 saturated carbocycles. The molecule has 0 spiro atoms. The summed E-state index contributed by atoms with van der Waals surface area (Å²) in [6.07, 6.45) is 2.05. The first-order valence-corrected chi connectivity index (χ1v) is 7.87. The maximum atomic E-state index is 6.28. The number of para-hydroxylation sites is 1. The molecule has 2 aromatic carbocycles. The molecule has 1 aromatic heterocycles.